The maximum Gasteiger partial charge on any atom is 0.451 e. The first kappa shape index (κ1) is 38.9. The molecule has 0 bridgehead atoms. The molecule has 0 unspecified atom stereocenters. The molecule has 2 fully saturated rings. The van der Waals surface area contributed by atoms with Crippen LogP contribution in [0, 0.1) is 11.8 Å². The SMILES string of the molecule is C.CO.O=C(O)[C@@H]1[C@H](CCCB(O)O)CN1C1(c2ccccc2)c2ccccc2-c2ccccc21.O=C(O)[C@H]1NC[C@H]1CCCB(O)O. The Hall–Kier alpha value is -3.55. The molecule has 48 heavy (non-hydrogen) atoms. The van der Waals surface area contributed by atoms with Gasteiger partial charge in [-0.15, -0.1) is 0 Å². The van der Waals surface area contributed by atoms with Gasteiger partial charge in [0.1, 0.15) is 12.1 Å². The summed E-state index contributed by atoms with van der Waals surface area (Å²) in [5, 5.41) is 64.2. The minimum Gasteiger partial charge on any atom is -0.480 e. The average Bonchev–Trinajstić information content (AvgIpc) is 3.32. The van der Waals surface area contributed by atoms with Crippen LogP contribution in [0.4, 0.5) is 0 Å². The highest BCUT2D eigenvalue weighted by Crippen LogP contribution is 2.57. The number of aliphatic hydroxyl groups excluding tert-OH is 1. The van der Waals surface area contributed by atoms with E-state index in [1.54, 1.807) is 0 Å². The quantitative estimate of drug-likeness (QED) is 0.133. The van der Waals surface area contributed by atoms with E-state index in [1.165, 1.54) is 0 Å². The van der Waals surface area contributed by atoms with Crippen molar-refractivity contribution in [1.82, 2.24) is 10.2 Å². The van der Waals surface area contributed by atoms with Crippen LogP contribution in [0.15, 0.2) is 78.9 Å². The third-order valence-electron chi connectivity index (χ3n) is 9.42. The van der Waals surface area contributed by atoms with Gasteiger partial charge in [0.05, 0.1) is 5.54 Å². The molecule has 2 saturated heterocycles. The lowest BCUT2D eigenvalue weighted by Gasteiger charge is -2.56. The number of benzene rings is 3. The van der Waals surface area contributed by atoms with Crippen LogP contribution < -0.4 is 5.32 Å². The summed E-state index contributed by atoms with van der Waals surface area (Å²) in [6.45, 7) is 1.36. The third kappa shape index (κ3) is 8.01. The molecule has 3 aromatic rings. The number of likely N-dealkylation sites (tertiary alicyclic amines) is 1. The number of aliphatic hydroxyl groups is 1. The number of aliphatic carboxylic acids is 2. The van der Waals surface area contributed by atoms with E-state index >= 15 is 0 Å². The van der Waals surface area contributed by atoms with Gasteiger partial charge in [-0.1, -0.05) is 99.1 Å². The second-order valence-corrected chi connectivity index (χ2v) is 12.2. The lowest BCUT2D eigenvalue weighted by atomic mass is 9.71. The van der Waals surface area contributed by atoms with Crippen molar-refractivity contribution in [3.05, 3.63) is 95.6 Å². The van der Waals surface area contributed by atoms with Gasteiger partial charge < -0.3 is 40.7 Å². The van der Waals surface area contributed by atoms with Crippen LogP contribution in [0.2, 0.25) is 12.6 Å². The lowest BCUT2D eigenvalue weighted by molar-refractivity contribution is -0.159. The fourth-order valence-corrected chi connectivity index (χ4v) is 7.28. The Balaban J connectivity index is 0.000000330. The van der Waals surface area contributed by atoms with Crippen LogP contribution in [0.25, 0.3) is 11.1 Å². The molecule has 1 aliphatic carbocycles. The summed E-state index contributed by atoms with van der Waals surface area (Å²) in [5.74, 6) is -1.54. The molecule has 0 radical (unpaired) electrons. The molecule has 4 atom stereocenters. The van der Waals surface area contributed by atoms with E-state index < -0.39 is 43.8 Å². The number of carboxylic acid groups (broad SMARTS) is 2. The summed E-state index contributed by atoms with van der Waals surface area (Å²) < 4.78 is 0. The molecule has 0 aromatic heterocycles. The highest BCUT2D eigenvalue weighted by molar-refractivity contribution is 6.41. The lowest BCUT2D eigenvalue weighted by Crippen LogP contribution is -2.67. The third-order valence-corrected chi connectivity index (χ3v) is 9.42. The van der Waals surface area contributed by atoms with Gasteiger partial charge in [-0.25, -0.2) is 0 Å². The molecule has 0 spiro atoms. The Morgan fingerprint density at radius 1 is 0.750 bits per heavy atom. The second kappa shape index (κ2) is 17.7. The molecule has 6 rings (SSSR count). The topological polar surface area (TPSA) is 191 Å². The van der Waals surface area contributed by atoms with E-state index in [4.69, 9.17) is 20.3 Å². The number of carbonyl (C=O) groups is 2. The fourth-order valence-electron chi connectivity index (χ4n) is 7.28. The first-order valence-corrected chi connectivity index (χ1v) is 16.0. The molecule has 2 aliphatic heterocycles. The van der Waals surface area contributed by atoms with Crippen molar-refractivity contribution in [3.63, 3.8) is 0 Å². The van der Waals surface area contributed by atoms with Gasteiger partial charge in [-0.05, 0) is 65.1 Å². The van der Waals surface area contributed by atoms with Crippen molar-refractivity contribution in [2.75, 3.05) is 20.2 Å². The number of fused-ring (bicyclic) bond motifs is 3. The number of rotatable bonds is 12. The number of hydrogen-bond acceptors (Lipinski definition) is 9. The molecule has 3 aliphatic rings. The van der Waals surface area contributed by atoms with E-state index in [2.05, 4.69) is 46.6 Å². The zero-order valence-corrected chi connectivity index (χ0v) is 26.5. The Morgan fingerprint density at radius 3 is 1.67 bits per heavy atom. The number of nitrogens with one attached hydrogen (secondary N) is 1. The molecule has 0 amide bonds. The number of carboxylic acids is 2. The van der Waals surface area contributed by atoms with Gasteiger partial charge in [-0.3, -0.25) is 14.5 Å². The van der Waals surface area contributed by atoms with Gasteiger partial charge in [-0.2, -0.15) is 0 Å². The predicted molar refractivity (Wildman–Crippen MR) is 186 cm³/mol. The van der Waals surface area contributed by atoms with Crippen molar-refractivity contribution in [3.8, 4) is 11.1 Å². The smallest absolute Gasteiger partial charge is 0.451 e. The van der Waals surface area contributed by atoms with Crippen LogP contribution in [0.5, 0.6) is 0 Å². The van der Waals surface area contributed by atoms with Crippen molar-refractivity contribution >= 4 is 26.2 Å². The van der Waals surface area contributed by atoms with Crippen molar-refractivity contribution in [1.29, 1.82) is 0 Å². The van der Waals surface area contributed by atoms with Crippen LogP contribution in [0.1, 0.15) is 49.8 Å². The van der Waals surface area contributed by atoms with Crippen LogP contribution in [-0.4, -0.2) is 98.8 Å². The zero-order chi connectivity index (χ0) is 34.1. The summed E-state index contributed by atoms with van der Waals surface area (Å²) >= 11 is 0. The Morgan fingerprint density at radius 2 is 1.23 bits per heavy atom. The van der Waals surface area contributed by atoms with Gasteiger partial charge >= 0.3 is 26.2 Å². The zero-order valence-electron chi connectivity index (χ0n) is 26.5. The standard InChI is InChI=1S/C26H26BNO4.C7H14BNO4.CH4O.CH4/c29-25(30)24-18(9-8-16-27(31)32)17-28(24)26(19-10-2-1-3-11-19)22-14-6-4-12-20(22)21-13-5-7-15-23(21)26;10-7(11)6-5(4-9-6)2-1-3-8(12)13;1-2;/h1-7,10-15,18,24,31-32H,8-9,16-17H2,(H,29,30);5-6,9,12-13H,1-4H2,(H,10,11);2H,1H3;1H4/t18-,24+;5-,6+;;/m11../s1. The Kier molecular flexibility index (Phi) is 14.4. The molecule has 3 aromatic carbocycles. The number of nitrogens with zero attached hydrogens (tertiary/aromatic N) is 1. The van der Waals surface area contributed by atoms with Crippen LogP contribution in [0.3, 0.4) is 0 Å². The van der Waals surface area contributed by atoms with Crippen LogP contribution >= 0.6 is 0 Å². The fraction of sp³-hybridized carbons (Fsp3) is 0.429. The molecule has 11 nitrogen and oxygen atoms in total. The molecule has 0 saturated carbocycles. The van der Waals surface area contributed by atoms with Gasteiger partial charge in [0.2, 0.25) is 0 Å². The predicted octanol–water partition coefficient (Wildman–Crippen LogP) is 2.75. The average molecular weight is 662 g/mol. The minimum absolute atomic E-state index is 0. The molecule has 13 heteroatoms. The highest BCUT2D eigenvalue weighted by Gasteiger charge is 2.58. The molecular formula is C35H48B2N2O9. The maximum absolute atomic E-state index is 12.5. The first-order chi connectivity index (χ1) is 22.7. The largest absolute Gasteiger partial charge is 0.480 e. The second-order valence-electron chi connectivity index (χ2n) is 12.2. The van der Waals surface area contributed by atoms with E-state index in [9.17, 15) is 24.7 Å². The molecule has 8 N–H and O–H groups in total. The number of hydrogen-bond donors (Lipinski definition) is 8. The van der Waals surface area contributed by atoms with Gasteiger partial charge in [0.15, 0.2) is 0 Å². The van der Waals surface area contributed by atoms with Crippen LogP contribution in [-0.2, 0) is 15.1 Å². The van der Waals surface area contributed by atoms with Crippen molar-refractivity contribution in [2.45, 2.75) is 63.4 Å². The monoisotopic (exact) mass is 662 g/mol. The summed E-state index contributed by atoms with van der Waals surface area (Å²) in [6, 6.07) is 25.7. The Bertz CT molecular complexity index is 1430. The Labute approximate surface area is 283 Å². The van der Waals surface area contributed by atoms with E-state index in [-0.39, 0.29) is 25.6 Å². The summed E-state index contributed by atoms with van der Waals surface area (Å²) in [5.41, 5.74) is 4.90. The van der Waals surface area contributed by atoms with E-state index in [1.807, 2.05) is 42.5 Å². The normalized spacial score (nSPS) is 21.2. The molecular weight excluding hydrogens is 614 g/mol. The van der Waals surface area contributed by atoms with Crippen molar-refractivity contribution in [2.24, 2.45) is 11.8 Å². The summed E-state index contributed by atoms with van der Waals surface area (Å²) in [7, 11) is -1.62. The van der Waals surface area contributed by atoms with E-state index in [0.29, 0.717) is 32.1 Å². The first-order valence-electron chi connectivity index (χ1n) is 16.0. The van der Waals surface area contributed by atoms with Gasteiger partial charge in [0.25, 0.3) is 0 Å². The summed E-state index contributed by atoms with van der Waals surface area (Å²) in [4.78, 5) is 25.2. The van der Waals surface area contributed by atoms with Crippen molar-refractivity contribution < 1.29 is 45.0 Å². The molecule has 2 heterocycles. The van der Waals surface area contributed by atoms with E-state index in [0.717, 1.165) is 47.9 Å². The highest BCUT2D eigenvalue weighted by atomic mass is 16.4. The minimum atomic E-state index is -1.35. The van der Waals surface area contributed by atoms with Gasteiger partial charge in [0, 0.05) is 20.2 Å². The molecule has 258 valence electrons. The summed E-state index contributed by atoms with van der Waals surface area (Å²) in [6.07, 6.45) is 3.22. The maximum atomic E-state index is 12.5.